The first-order valence-electron chi connectivity index (χ1n) is 5.78. The normalized spacial score (nSPS) is 18.0. The molecule has 1 aliphatic rings. The van der Waals surface area contributed by atoms with Crippen molar-refractivity contribution < 1.29 is 4.42 Å². The number of hydrogen-bond donors (Lipinski definition) is 0. The lowest BCUT2D eigenvalue weighted by atomic mass is 10.0. The largest absolute Gasteiger partial charge is 0.446 e. The van der Waals surface area contributed by atoms with E-state index >= 15 is 0 Å². The van der Waals surface area contributed by atoms with Crippen molar-refractivity contribution in [3.05, 3.63) is 18.7 Å². The maximum atomic E-state index is 5.28. The highest BCUT2D eigenvalue weighted by atomic mass is 32.2. The Morgan fingerprint density at radius 2 is 2.06 bits per heavy atom. The lowest BCUT2D eigenvalue weighted by Gasteiger charge is -2.20. The van der Waals surface area contributed by atoms with Crippen LogP contribution in [0.25, 0.3) is 11.1 Å². The Bertz CT molecular complexity index is 477. The molecule has 0 aromatic carbocycles. The summed E-state index contributed by atoms with van der Waals surface area (Å²) in [6.07, 6.45) is 10.0. The maximum absolute atomic E-state index is 5.28. The van der Waals surface area contributed by atoms with Gasteiger partial charge < -0.3 is 4.42 Å². The third-order valence-electron chi connectivity index (χ3n) is 3.06. The minimum atomic E-state index is 0.702. The average Bonchev–Trinajstić information content (AvgIpc) is 2.80. The molecule has 2 aromatic heterocycles. The van der Waals surface area contributed by atoms with Gasteiger partial charge in [-0.05, 0) is 18.9 Å². The second-order valence-electron chi connectivity index (χ2n) is 4.20. The predicted octanol–water partition coefficient (Wildman–Crippen LogP) is 3.65. The first-order valence-corrected chi connectivity index (χ1v) is 6.66. The molecule has 1 aliphatic carbocycles. The molecule has 1 fully saturated rings. The molecule has 0 atom stereocenters. The molecule has 3 nitrogen and oxygen atoms in total. The molecule has 3 rings (SSSR count). The van der Waals surface area contributed by atoms with E-state index in [1.807, 2.05) is 17.8 Å². The highest BCUT2D eigenvalue weighted by Crippen LogP contribution is 2.35. The van der Waals surface area contributed by atoms with Crippen LogP contribution in [0.2, 0.25) is 0 Å². The number of furan rings is 1. The summed E-state index contributed by atoms with van der Waals surface area (Å²) in [4.78, 5) is 8.47. The van der Waals surface area contributed by atoms with Crippen LogP contribution in [-0.4, -0.2) is 15.2 Å². The van der Waals surface area contributed by atoms with Crippen LogP contribution in [0.3, 0.4) is 0 Å². The summed E-state index contributed by atoms with van der Waals surface area (Å²) in [6, 6.07) is 1.96. The van der Waals surface area contributed by atoms with Gasteiger partial charge in [0, 0.05) is 5.25 Å². The summed E-state index contributed by atoms with van der Waals surface area (Å²) >= 11 is 1.89. The maximum Gasteiger partial charge on any atom is 0.230 e. The van der Waals surface area contributed by atoms with Crippen LogP contribution < -0.4 is 0 Å². The number of aromatic nitrogens is 2. The highest BCUT2D eigenvalue weighted by molar-refractivity contribution is 8.00. The van der Waals surface area contributed by atoms with E-state index in [1.165, 1.54) is 32.1 Å². The molecule has 84 valence electrons. The van der Waals surface area contributed by atoms with Crippen molar-refractivity contribution in [3.63, 3.8) is 0 Å². The van der Waals surface area contributed by atoms with Gasteiger partial charge in [-0.3, -0.25) is 0 Å². The second kappa shape index (κ2) is 4.45. The van der Waals surface area contributed by atoms with E-state index in [2.05, 4.69) is 9.97 Å². The van der Waals surface area contributed by atoms with Crippen LogP contribution in [-0.2, 0) is 0 Å². The van der Waals surface area contributed by atoms with E-state index in [0.717, 1.165) is 15.7 Å². The molecule has 0 aliphatic heterocycles. The van der Waals surface area contributed by atoms with Crippen LogP contribution in [0.5, 0.6) is 0 Å². The summed E-state index contributed by atoms with van der Waals surface area (Å²) in [7, 11) is 0. The van der Waals surface area contributed by atoms with E-state index in [4.69, 9.17) is 4.42 Å². The van der Waals surface area contributed by atoms with E-state index in [0.29, 0.717) is 5.71 Å². The zero-order valence-electron chi connectivity index (χ0n) is 9.06. The van der Waals surface area contributed by atoms with E-state index in [9.17, 15) is 0 Å². The minimum Gasteiger partial charge on any atom is -0.446 e. The second-order valence-corrected chi connectivity index (χ2v) is 5.49. The van der Waals surface area contributed by atoms with E-state index in [-0.39, 0.29) is 0 Å². The molecule has 2 aromatic rings. The summed E-state index contributed by atoms with van der Waals surface area (Å²) in [5, 5.41) is 2.85. The third kappa shape index (κ3) is 1.94. The molecule has 0 N–H and O–H groups in total. The van der Waals surface area contributed by atoms with Crippen molar-refractivity contribution in [1.29, 1.82) is 0 Å². The van der Waals surface area contributed by atoms with Gasteiger partial charge in [0.2, 0.25) is 5.71 Å². The van der Waals surface area contributed by atoms with Crippen molar-refractivity contribution in [2.45, 2.75) is 42.4 Å². The van der Waals surface area contributed by atoms with Crippen LogP contribution in [0.15, 0.2) is 28.1 Å². The van der Waals surface area contributed by atoms with Gasteiger partial charge in [0.25, 0.3) is 0 Å². The molecular weight excluding hydrogens is 220 g/mol. The van der Waals surface area contributed by atoms with Gasteiger partial charge in [-0.1, -0.05) is 19.3 Å². The number of fused-ring (bicyclic) bond motifs is 1. The SMILES string of the molecule is c1nc(SC2CCCCC2)c2ccoc2n1. The van der Waals surface area contributed by atoms with Crippen LogP contribution in [0, 0.1) is 0 Å². The first kappa shape index (κ1) is 10.1. The van der Waals surface area contributed by atoms with Crippen molar-refractivity contribution >= 4 is 22.9 Å². The molecule has 0 radical (unpaired) electrons. The Morgan fingerprint density at radius 3 is 2.94 bits per heavy atom. The Morgan fingerprint density at radius 1 is 1.19 bits per heavy atom. The quantitative estimate of drug-likeness (QED) is 0.743. The molecule has 0 unspecified atom stereocenters. The van der Waals surface area contributed by atoms with E-state index in [1.54, 1.807) is 12.6 Å². The van der Waals surface area contributed by atoms with Gasteiger partial charge in [-0.15, -0.1) is 11.8 Å². The van der Waals surface area contributed by atoms with Crippen molar-refractivity contribution in [2.24, 2.45) is 0 Å². The Kier molecular flexibility index (Phi) is 2.82. The summed E-state index contributed by atoms with van der Waals surface area (Å²) < 4.78 is 5.28. The standard InChI is InChI=1S/C12H14N2OS/c1-2-4-9(5-3-1)16-12-10-6-7-15-11(10)13-8-14-12/h6-9H,1-5H2. The molecule has 0 amide bonds. The number of hydrogen-bond acceptors (Lipinski definition) is 4. The Hall–Kier alpha value is -1.03. The van der Waals surface area contributed by atoms with Crippen molar-refractivity contribution in [3.8, 4) is 0 Å². The molecule has 4 heteroatoms. The predicted molar refractivity (Wildman–Crippen MR) is 64.5 cm³/mol. The van der Waals surface area contributed by atoms with Crippen molar-refractivity contribution in [1.82, 2.24) is 9.97 Å². The number of rotatable bonds is 2. The Labute approximate surface area is 98.7 Å². The number of thioether (sulfide) groups is 1. The van der Waals surface area contributed by atoms with Gasteiger partial charge in [-0.2, -0.15) is 0 Å². The zero-order chi connectivity index (χ0) is 10.8. The lowest BCUT2D eigenvalue weighted by molar-refractivity contribution is 0.516. The average molecular weight is 234 g/mol. The smallest absolute Gasteiger partial charge is 0.230 e. The topological polar surface area (TPSA) is 38.9 Å². The molecule has 16 heavy (non-hydrogen) atoms. The fourth-order valence-corrected chi connectivity index (χ4v) is 3.48. The lowest BCUT2D eigenvalue weighted by Crippen LogP contribution is -2.08. The first-order chi connectivity index (χ1) is 7.93. The van der Waals surface area contributed by atoms with E-state index < -0.39 is 0 Å². The van der Waals surface area contributed by atoms with Crippen LogP contribution in [0.4, 0.5) is 0 Å². The summed E-state index contributed by atoms with van der Waals surface area (Å²) in [5.74, 6) is 0. The fraction of sp³-hybridized carbons (Fsp3) is 0.500. The highest BCUT2D eigenvalue weighted by Gasteiger charge is 2.17. The van der Waals surface area contributed by atoms with Gasteiger partial charge in [0.05, 0.1) is 11.6 Å². The van der Waals surface area contributed by atoms with Gasteiger partial charge >= 0.3 is 0 Å². The molecule has 0 spiro atoms. The zero-order valence-corrected chi connectivity index (χ0v) is 9.87. The minimum absolute atomic E-state index is 0.702. The van der Waals surface area contributed by atoms with Gasteiger partial charge in [0.15, 0.2) is 0 Å². The van der Waals surface area contributed by atoms with Gasteiger partial charge in [-0.25, -0.2) is 9.97 Å². The fourth-order valence-electron chi connectivity index (χ4n) is 2.20. The van der Waals surface area contributed by atoms with Gasteiger partial charge in [0.1, 0.15) is 11.4 Å². The third-order valence-corrected chi connectivity index (χ3v) is 4.41. The number of nitrogens with zero attached hydrogens (tertiary/aromatic N) is 2. The molecule has 0 saturated heterocycles. The van der Waals surface area contributed by atoms with Crippen LogP contribution >= 0.6 is 11.8 Å². The van der Waals surface area contributed by atoms with Crippen molar-refractivity contribution in [2.75, 3.05) is 0 Å². The molecule has 1 saturated carbocycles. The summed E-state index contributed by atoms with van der Waals surface area (Å²) in [5.41, 5.74) is 0.702. The molecule has 0 bridgehead atoms. The summed E-state index contributed by atoms with van der Waals surface area (Å²) in [6.45, 7) is 0. The molecular formula is C12H14N2OS. The Balaban J connectivity index is 1.85. The van der Waals surface area contributed by atoms with Crippen LogP contribution in [0.1, 0.15) is 32.1 Å². The monoisotopic (exact) mass is 234 g/mol. The molecule has 2 heterocycles.